The second-order valence-electron chi connectivity index (χ2n) is 5.93. The number of aliphatic imine (C=N–C) groups is 1. The van der Waals surface area contributed by atoms with Crippen LogP contribution in [0.25, 0.3) is 5.69 Å². The zero-order valence-electron chi connectivity index (χ0n) is 15.8. The second-order valence-corrected chi connectivity index (χ2v) is 7.21. The minimum atomic E-state index is 0. The molecule has 6 nitrogen and oxygen atoms in total. The van der Waals surface area contributed by atoms with E-state index >= 15 is 0 Å². The Bertz CT molecular complexity index is 852. The molecule has 0 aliphatic rings. The number of hydrogen-bond acceptors (Lipinski definition) is 4. The van der Waals surface area contributed by atoms with Crippen molar-refractivity contribution in [3.05, 3.63) is 63.9 Å². The van der Waals surface area contributed by atoms with E-state index in [1.807, 2.05) is 54.3 Å². The summed E-state index contributed by atoms with van der Waals surface area (Å²) < 4.78 is 1.87. The van der Waals surface area contributed by atoms with Gasteiger partial charge in [0.05, 0.1) is 30.7 Å². The molecule has 3 aromatic rings. The lowest BCUT2D eigenvalue weighted by molar-refractivity contribution is 0.809. The summed E-state index contributed by atoms with van der Waals surface area (Å²) in [4.78, 5) is 10.5. The highest BCUT2D eigenvalue weighted by Gasteiger charge is 2.05. The first-order valence-electron chi connectivity index (χ1n) is 8.69. The Labute approximate surface area is 181 Å². The van der Waals surface area contributed by atoms with Crippen molar-refractivity contribution in [1.82, 2.24) is 25.4 Å². The summed E-state index contributed by atoms with van der Waals surface area (Å²) >= 11 is 1.72. The molecule has 0 radical (unpaired) electrons. The van der Waals surface area contributed by atoms with Crippen LogP contribution < -0.4 is 10.6 Å². The first kappa shape index (κ1) is 21.4. The molecule has 2 aromatic heterocycles. The van der Waals surface area contributed by atoms with Crippen LogP contribution in [0.15, 0.2) is 47.7 Å². The molecule has 0 amide bonds. The average molecular weight is 496 g/mol. The van der Waals surface area contributed by atoms with E-state index in [1.165, 1.54) is 4.88 Å². The fourth-order valence-electron chi connectivity index (χ4n) is 2.45. The third kappa shape index (κ3) is 6.03. The van der Waals surface area contributed by atoms with Gasteiger partial charge < -0.3 is 10.6 Å². The largest absolute Gasteiger partial charge is 0.357 e. The number of aromatic nitrogens is 3. The molecule has 2 N–H and O–H groups in total. The van der Waals surface area contributed by atoms with Crippen molar-refractivity contribution in [3.8, 4) is 5.69 Å². The summed E-state index contributed by atoms with van der Waals surface area (Å²) in [7, 11) is 0. The third-order valence-corrected chi connectivity index (χ3v) is 4.97. The lowest BCUT2D eigenvalue weighted by atomic mass is 10.3. The number of aryl methyl sites for hydroxylation is 2. The van der Waals surface area contributed by atoms with Crippen molar-refractivity contribution in [2.75, 3.05) is 6.54 Å². The molecule has 0 saturated carbocycles. The lowest BCUT2D eigenvalue weighted by Gasteiger charge is -2.09. The van der Waals surface area contributed by atoms with Gasteiger partial charge in [0.15, 0.2) is 5.96 Å². The van der Waals surface area contributed by atoms with Crippen molar-refractivity contribution < 1.29 is 0 Å². The van der Waals surface area contributed by atoms with E-state index in [2.05, 4.69) is 39.6 Å². The van der Waals surface area contributed by atoms with Gasteiger partial charge in [-0.1, -0.05) is 18.2 Å². The van der Waals surface area contributed by atoms with Gasteiger partial charge in [-0.15, -0.1) is 35.3 Å². The number of rotatable bonds is 6. The lowest BCUT2D eigenvalue weighted by Crippen LogP contribution is -2.36. The number of hydrogen-bond donors (Lipinski definition) is 2. The van der Waals surface area contributed by atoms with E-state index in [4.69, 9.17) is 0 Å². The predicted molar refractivity (Wildman–Crippen MR) is 122 cm³/mol. The monoisotopic (exact) mass is 496 g/mol. The van der Waals surface area contributed by atoms with Crippen LogP contribution in [0.3, 0.4) is 0 Å². The van der Waals surface area contributed by atoms with Crippen molar-refractivity contribution in [2.45, 2.75) is 33.9 Å². The highest BCUT2D eigenvalue weighted by Crippen LogP contribution is 2.16. The Hall–Kier alpha value is -1.94. The summed E-state index contributed by atoms with van der Waals surface area (Å²) in [5, 5.41) is 12.1. The topological polar surface area (TPSA) is 67.1 Å². The Balaban J connectivity index is 0.00000261. The molecule has 0 fully saturated rings. The smallest absolute Gasteiger partial charge is 0.191 e. The van der Waals surface area contributed by atoms with Gasteiger partial charge in [0.25, 0.3) is 0 Å². The van der Waals surface area contributed by atoms with Gasteiger partial charge in [-0.25, -0.2) is 14.7 Å². The van der Waals surface area contributed by atoms with Crippen LogP contribution in [0.5, 0.6) is 0 Å². The molecular weight excluding hydrogens is 471 g/mol. The van der Waals surface area contributed by atoms with Gasteiger partial charge in [0, 0.05) is 23.2 Å². The quantitative estimate of drug-likeness (QED) is 0.310. The van der Waals surface area contributed by atoms with Crippen LogP contribution in [0.4, 0.5) is 0 Å². The van der Waals surface area contributed by atoms with Gasteiger partial charge in [-0.3, -0.25) is 0 Å². The Kier molecular flexibility index (Phi) is 8.23. The number of halogens is 1. The molecule has 0 spiro atoms. The van der Waals surface area contributed by atoms with Crippen LogP contribution in [0.1, 0.15) is 28.1 Å². The molecule has 2 heterocycles. The Morgan fingerprint density at radius 3 is 2.63 bits per heavy atom. The zero-order valence-corrected chi connectivity index (χ0v) is 18.9. The maximum Gasteiger partial charge on any atom is 0.191 e. The van der Waals surface area contributed by atoms with E-state index in [-0.39, 0.29) is 24.0 Å². The van der Waals surface area contributed by atoms with Gasteiger partial charge in [-0.05, 0) is 32.9 Å². The molecule has 0 bridgehead atoms. The van der Waals surface area contributed by atoms with Gasteiger partial charge in [0.1, 0.15) is 5.01 Å². The normalized spacial score (nSPS) is 11.1. The van der Waals surface area contributed by atoms with E-state index in [0.717, 1.165) is 34.5 Å². The van der Waals surface area contributed by atoms with E-state index < -0.39 is 0 Å². The van der Waals surface area contributed by atoms with Crippen LogP contribution in [-0.4, -0.2) is 27.3 Å². The standard InChI is InChI=1S/C19H24N6S.HI/c1-4-20-19(22-12-18-24-14(2)15(3)26-18)21-10-16-11-23-25(13-16)17-8-6-5-7-9-17;/h5-9,11,13H,4,10,12H2,1-3H3,(H2,20,21,22);1H. The van der Waals surface area contributed by atoms with Crippen LogP contribution in [0, 0.1) is 13.8 Å². The first-order valence-corrected chi connectivity index (χ1v) is 9.51. The van der Waals surface area contributed by atoms with E-state index in [0.29, 0.717) is 13.1 Å². The molecule has 0 atom stereocenters. The van der Waals surface area contributed by atoms with Crippen LogP contribution in [0.2, 0.25) is 0 Å². The number of nitrogens with one attached hydrogen (secondary N) is 2. The summed E-state index contributed by atoms with van der Waals surface area (Å²) in [6.45, 7) is 8.25. The third-order valence-electron chi connectivity index (χ3n) is 3.90. The van der Waals surface area contributed by atoms with E-state index in [9.17, 15) is 0 Å². The van der Waals surface area contributed by atoms with Crippen molar-refractivity contribution in [2.24, 2.45) is 4.99 Å². The molecule has 0 aliphatic carbocycles. The first-order chi connectivity index (χ1) is 12.7. The fraction of sp³-hybridized carbons (Fsp3) is 0.316. The highest BCUT2D eigenvalue weighted by molar-refractivity contribution is 14.0. The molecule has 1 aromatic carbocycles. The maximum absolute atomic E-state index is 4.65. The molecule has 0 saturated heterocycles. The van der Waals surface area contributed by atoms with Crippen molar-refractivity contribution in [3.63, 3.8) is 0 Å². The predicted octanol–water partition coefficient (Wildman–Crippen LogP) is 3.82. The van der Waals surface area contributed by atoms with Crippen molar-refractivity contribution >= 4 is 41.3 Å². The Morgan fingerprint density at radius 1 is 1.19 bits per heavy atom. The van der Waals surface area contributed by atoms with Crippen LogP contribution in [-0.2, 0) is 13.1 Å². The number of benzene rings is 1. The van der Waals surface area contributed by atoms with Crippen molar-refractivity contribution in [1.29, 1.82) is 0 Å². The zero-order chi connectivity index (χ0) is 18.4. The highest BCUT2D eigenvalue weighted by atomic mass is 127. The molecule has 27 heavy (non-hydrogen) atoms. The minimum Gasteiger partial charge on any atom is -0.357 e. The summed E-state index contributed by atoms with van der Waals surface area (Å²) in [6.07, 6.45) is 3.86. The van der Waals surface area contributed by atoms with Gasteiger partial charge >= 0.3 is 0 Å². The number of guanidine groups is 1. The molecule has 8 heteroatoms. The minimum absolute atomic E-state index is 0. The summed E-state index contributed by atoms with van der Waals surface area (Å²) in [6, 6.07) is 10.1. The molecule has 3 rings (SSSR count). The fourth-order valence-corrected chi connectivity index (χ4v) is 3.32. The van der Waals surface area contributed by atoms with Gasteiger partial charge in [-0.2, -0.15) is 5.10 Å². The second kappa shape index (κ2) is 10.4. The summed E-state index contributed by atoms with van der Waals surface area (Å²) in [5.41, 5.74) is 3.20. The molecule has 0 aliphatic heterocycles. The molecule has 144 valence electrons. The Morgan fingerprint density at radius 2 is 1.96 bits per heavy atom. The molecule has 0 unspecified atom stereocenters. The van der Waals surface area contributed by atoms with Crippen LogP contribution >= 0.6 is 35.3 Å². The maximum atomic E-state index is 4.65. The SMILES string of the molecule is CCNC(=NCc1cnn(-c2ccccc2)c1)NCc1nc(C)c(C)s1.I. The number of para-hydroxylation sites is 1. The van der Waals surface area contributed by atoms with Gasteiger partial charge in [0.2, 0.25) is 0 Å². The van der Waals surface area contributed by atoms with E-state index in [1.54, 1.807) is 11.3 Å². The number of thiazole rings is 1. The number of nitrogens with zero attached hydrogens (tertiary/aromatic N) is 4. The molecular formula is C19H25IN6S. The summed E-state index contributed by atoms with van der Waals surface area (Å²) in [5.74, 6) is 0.783. The average Bonchev–Trinajstić information content (AvgIpc) is 3.25.